The number of methoxy groups -OCH3 is 2. The number of rotatable bonds is 4. The zero-order chi connectivity index (χ0) is 7.28. The molecule has 0 amide bonds. The van der Waals surface area contributed by atoms with Crippen LogP contribution in [0.15, 0.2) is 0 Å². The molecule has 0 aromatic heterocycles. The molecule has 0 aliphatic carbocycles. The minimum absolute atomic E-state index is 0.0640. The van der Waals surface area contributed by atoms with Gasteiger partial charge in [0.2, 0.25) is 0 Å². The minimum atomic E-state index is -0.248. The lowest BCUT2D eigenvalue weighted by Gasteiger charge is -2.16. The van der Waals surface area contributed by atoms with Gasteiger partial charge in [-0.1, -0.05) is 15.9 Å². The summed E-state index contributed by atoms with van der Waals surface area (Å²) >= 11 is 8.78. The molecule has 9 heavy (non-hydrogen) atoms. The van der Waals surface area contributed by atoms with Crippen LogP contribution in [-0.4, -0.2) is 31.2 Å². The Bertz CT molecular complexity index is 68.0. The van der Waals surface area contributed by atoms with Crippen LogP contribution in [0.1, 0.15) is 0 Å². The Morgan fingerprint density at radius 2 is 1.89 bits per heavy atom. The maximum atomic E-state index is 5.50. The average Bonchev–Trinajstić information content (AvgIpc) is 1.90. The van der Waals surface area contributed by atoms with Gasteiger partial charge in [0.25, 0.3) is 0 Å². The van der Waals surface area contributed by atoms with E-state index in [1.807, 2.05) is 0 Å². The van der Waals surface area contributed by atoms with Gasteiger partial charge in [0.15, 0.2) is 6.29 Å². The first-order valence-corrected chi connectivity index (χ1v) is 3.97. The maximum Gasteiger partial charge on any atom is 0.170 e. The van der Waals surface area contributed by atoms with Crippen molar-refractivity contribution in [1.29, 1.82) is 0 Å². The Hall–Kier alpha value is 0.690. The van der Waals surface area contributed by atoms with E-state index >= 15 is 0 Å². The van der Waals surface area contributed by atoms with E-state index in [0.717, 1.165) is 0 Å². The topological polar surface area (TPSA) is 18.5 Å². The summed E-state index contributed by atoms with van der Waals surface area (Å²) in [5.41, 5.74) is 0. The van der Waals surface area contributed by atoms with Crippen molar-refractivity contribution in [3.8, 4) is 0 Å². The average molecular weight is 217 g/mol. The van der Waals surface area contributed by atoms with Gasteiger partial charge in [-0.2, -0.15) is 0 Å². The van der Waals surface area contributed by atoms with Crippen molar-refractivity contribution < 1.29 is 9.47 Å². The van der Waals surface area contributed by atoms with Crippen molar-refractivity contribution in [3.05, 3.63) is 0 Å². The second-order valence-electron chi connectivity index (χ2n) is 1.51. The lowest BCUT2D eigenvalue weighted by Crippen LogP contribution is -2.25. The molecule has 1 atom stereocenters. The highest BCUT2D eigenvalue weighted by atomic mass is 79.9. The predicted octanol–water partition coefficient (Wildman–Crippen LogP) is 1.61. The van der Waals surface area contributed by atoms with E-state index in [-0.39, 0.29) is 11.1 Å². The van der Waals surface area contributed by atoms with Crippen LogP contribution < -0.4 is 0 Å². The van der Waals surface area contributed by atoms with Crippen LogP contribution in [0.2, 0.25) is 0 Å². The molecule has 0 aliphatic heterocycles. The molecule has 0 radical (unpaired) electrons. The zero-order valence-electron chi connectivity index (χ0n) is 5.43. The van der Waals surface area contributed by atoms with Crippen molar-refractivity contribution in [3.63, 3.8) is 0 Å². The molecule has 0 rings (SSSR count). The molecule has 2 nitrogen and oxygen atoms in total. The van der Waals surface area contributed by atoms with Crippen LogP contribution in [0.25, 0.3) is 0 Å². The molecule has 56 valence electrons. The summed E-state index contributed by atoms with van der Waals surface area (Å²) in [6.45, 7) is 0. The van der Waals surface area contributed by atoms with E-state index in [1.54, 1.807) is 14.2 Å². The third-order valence-electron chi connectivity index (χ3n) is 0.907. The monoisotopic (exact) mass is 216 g/mol. The highest BCUT2D eigenvalue weighted by molar-refractivity contribution is 9.09. The van der Waals surface area contributed by atoms with E-state index in [0.29, 0.717) is 5.88 Å². The normalized spacial score (nSPS) is 14.3. The van der Waals surface area contributed by atoms with Gasteiger partial charge < -0.3 is 9.47 Å². The van der Waals surface area contributed by atoms with Crippen molar-refractivity contribution >= 4 is 27.5 Å². The van der Waals surface area contributed by atoms with Crippen molar-refractivity contribution in [2.45, 2.75) is 11.1 Å². The highest BCUT2D eigenvalue weighted by Gasteiger charge is 2.15. The smallest absolute Gasteiger partial charge is 0.170 e. The third kappa shape index (κ3) is 3.40. The lowest BCUT2D eigenvalue weighted by molar-refractivity contribution is -0.0972. The van der Waals surface area contributed by atoms with Crippen molar-refractivity contribution in [1.82, 2.24) is 0 Å². The largest absolute Gasteiger partial charge is 0.355 e. The van der Waals surface area contributed by atoms with Gasteiger partial charge in [-0.3, -0.25) is 0 Å². The second kappa shape index (κ2) is 5.47. The summed E-state index contributed by atoms with van der Waals surface area (Å²) in [6.07, 6.45) is -0.248. The molecular formula is C5H10BrClO2. The SMILES string of the molecule is COC(OC)C(Br)CCl. The Kier molecular flexibility index (Phi) is 5.89. The zero-order valence-corrected chi connectivity index (χ0v) is 7.78. The van der Waals surface area contributed by atoms with Gasteiger partial charge in [-0.05, 0) is 0 Å². The molecule has 1 unspecified atom stereocenters. The molecule has 0 N–H and O–H groups in total. The summed E-state index contributed by atoms with van der Waals surface area (Å²) in [4.78, 5) is 0.0640. The van der Waals surface area contributed by atoms with Crippen LogP contribution >= 0.6 is 27.5 Å². The van der Waals surface area contributed by atoms with Crippen LogP contribution in [0.4, 0.5) is 0 Å². The van der Waals surface area contributed by atoms with Crippen LogP contribution in [0.3, 0.4) is 0 Å². The first kappa shape index (κ1) is 9.69. The van der Waals surface area contributed by atoms with Crippen LogP contribution in [0.5, 0.6) is 0 Å². The second-order valence-corrected chi connectivity index (χ2v) is 2.99. The van der Waals surface area contributed by atoms with Gasteiger partial charge in [-0.25, -0.2) is 0 Å². The summed E-state index contributed by atoms with van der Waals surface area (Å²) in [5.74, 6) is 0.479. The fourth-order valence-corrected chi connectivity index (χ4v) is 1.04. The quantitative estimate of drug-likeness (QED) is 0.526. The summed E-state index contributed by atoms with van der Waals surface area (Å²) in [5, 5.41) is 0. The highest BCUT2D eigenvalue weighted by Crippen LogP contribution is 2.10. The number of halogens is 2. The number of alkyl halides is 2. The van der Waals surface area contributed by atoms with Gasteiger partial charge in [0.05, 0.1) is 4.83 Å². The van der Waals surface area contributed by atoms with Crippen LogP contribution in [0, 0.1) is 0 Å². The van der Waals surface area contributed by atoms with E-state index in [2.05, 4.69) is 15.9 Å². The molecule has 0 bridgehead atoms. The van der Waals surface area contributed by atoms with Crippen molar-refractivity contribution in [2.75, 3.05) is 20.1 Å². The van der Waals surface area contributed by atoms with Gasteiger partial charge >= 0.3 is 0 Å². The Labute approximate surface area is 68.6 Å². The molecule has 0 saturated heterocycles. The van der Waals surface area contributed by atoms with Crippen molar-refractivity contribution in [2.24, 2.45) is 0 Å². The summed E-state index contributed by atoms with van der Waals surface area (Å²) in [7, 11) is 3.16. The molecular weight excluding hydrogens is 207 g/mol. The predicted molar refractivity (Wildman–Crippen MR) is 41.2 cm³/mol. The Morgan fingerprint density at radius 3 is 2.00 bits per heavy atom. The molecule has 0 aromatic carbocycles. The molecule has 0 heterocycles. The van der Waals surface area contributed by atoms with Gasteiger partial charge in [0, 0.05) is 20.1 Å². The van der Waals surface area contributed by atoms with E-state index in [9.17, 15) is 0 Å². The fourth-order valence-electron chi connectivity index (χ4n) is 0.464. The summed E-state index contributed by atoms with van der Waals surface area (Å²) in [6, 6.07) is 0. The molecule has 0 fully saturated rings. The fraction of sp³-hybridized carbons (Fsp3) is 1.00. The first-order chi connectivity index (χ1) is 4.26. The molecule has 0 aromatic rings. The molecule has 0 saturated carbocycles. The van der Waals surface area contributed by atoms with Gasteiger partial charge in [-0.15, -0.1) is 11.6 Å². The standard InChI is InChI=1S/C5H10BrClO2/c1-8-5(9-2)4(6)3-7/h4-5H,3H2,1-2H3. The minimum Gasteiger partial charge on any atom is -0.355 e. The Balaban J connectivity index is 3.50. The molecule has 0 aliphatic rings. The summed E-state index contributed by atoms with van der Waals surface area (Å²) < 4.78 is 9.80. The molecule has 4 heteroatoms. The maximum absolute atomic E-state index is 5.50. The third-order valence-corrected chi connectivity index (χ3v) is 2.37. The Morgan fingerprint density at radius 1 is 1.44 bits per heavy atom. The van der Waals surface area contributed by atoms with E-state index < -0.39 is 0 Å². The van der Waals surface area contributed by atoms with E-state index in [1.165, 1.54) is 0 Å². The molecule has 0 spiro atoms. The lowest BCUT2D eigenvalue weighted by atomic mass is 10.5. The number of hydrogen-bond donors (Lipinski definition) is 0. The number of hydrogen-bond acceptors (Lipinski definition) is 2. The van der Waals surface area contributed by atoms with Crippen LogP contribution in [-0.2, 0) is 9.47 Å². The number of ether oxygens (including phenoxy) is 2. The first-order valence-electron chi connectivity index (χ1n) is 2.51. The van der Waals surface area contributed by atoms with Gasteiger partial charge in [0.1, 0.15) is 0 Å². The van der Waals surface area contributed by atoms with E-state index in [4.69, 9.17) is 21.1 Å².